The number of hydrogen-bond donors (Lipinski definition) is 1. The summed E-state index contributed by atoms with van der Waals surface area (Å²) in [7, 11) is 0. The highest BCUT2D eigenvalue weighted by Gasteiger charge is 2.30. The lowest BCUT2D eigenvalue weighted by Crippen LogP contribution is -2.18. The van der Waals surface area contributed by atoms with Crippen LogP contribution in [0.2, 0.25) is 0 Å². The van der Waals surface area contributed by atoms with Crippen LogP contribution in [0.25, 0.3) is 0 Å². The van der Waals surface area contributed by atoms with E-state index >= 15 is 0 Å². The van der Waals surface area contributed by atoms with Crippen LogP contribution in [0.3, 0.4) is 0 Å². The number of nitrogens with zero attached hydrogens (tertiary/aromatic N) is 1. The standard InChI is InChI=1S/C15H19F3N2/c1-9-8-11(15(16,17)18)6-7-12(9)10(2)20-13(19)14(3,4)5/h6-8,19H,1-5H3. The third-order valence-corrected chi connectivity index (χ3v) is 2.93. The van der Waals surface area contributed by atoms with Crippen molar-refractivity contribution in [1.82, 2.24) is 0 Å². The second-order valence-corrected chi connectivity index (χ2v) is 5.82. The molecule has 0 aromatic heterocycles. The van der Waals surface area contributed by atoms with Gasteiger partial charge in [0.2, 0.25) is 0 Å². The average molecular weight is 284 g/mol. The molecule has 0 spiro atoms. The maximum atomic E-state index is 12.6. The molecule has 0 fully saturated rings. The van der Waals surface area contributed by atoms with Gasteiger partial charge in [0.25, 0.3) is 0 Å². The first-order valence-electron chi connectivity index (χ1n) is 6.25. The van der Waals surface area contributed by atoms with Gasteiger partial charge in [-0.05, 0) is 37.1 Å². The van der Waals surface area contributed by atoms with Gasteiger partial charge in [-0.25, -0.2) is 4.99 Å². The van der Waals surface area contributed by atoms with Crippen LogP contribution >= 0.6 is 0 Å². The van der Waals surface area contributed by atoms with Crippen LogP contribution in [-0.2, 0) is 6.18 Å². The van der Waals surface area contributed by atoms with E-state index in [1.54, 1.807) is 13.8 Å². The summed E-state index contributed by atoms with van der Waals surface area (Å²) in [5, 5.41) is 7.86. The number of rotatable bonds is 1. The molecule has 0 radical (unpaired) electrons. The Hall–Kier alpha value is -1.65. The summed E-state index contributed by atoms with van der Waals surface area (Å²) in [6.07, 6.45) is -4.34. The molecule has 1 N–H and O–H groups in total. The van der Waals surface area contributed by atoms with Gasteiger partial charge in [0, 0.05) is 11.1 Å². The highest BCUT2D eigenvalue weighted by molar-refractivity contribution is 6.07. The molecule has 1 aromatic carbocycles. The minimum atomic E-state index is -4.34. The van der Waals surface area contributed by atoms with Gasteiger partial charge in [0.05, 0.1) is 5.56 Å². The van der Waals surface area contributed by atoms with Crippen LogP contribution in [-0.4, -0.2) is 11.5 Å². The van der Waals surface area contributed by atoms with Crippen LogP contribution in [0, 0.1) is 17.7 Å². The van der Waals surface area contributed by atoms with Gasteiger partial charge in [-0.15, -0.1) is 0 Å². The topological polar surface area (TPSA) is 36.2 Å². The zero-order chi connectivity index (χ0) is 15.7. The molecular weight excluding hydrogens is 265 g/mol. The van der Waals surface area contributed by atoms with Gasteiger partial charge in [-0.2, -0.15) is 13.2 Å². The molecule has 0 aliphatic rings. The number of hydrogen-bond acceptors (Lipinski definition) is 1. The zero-order valence-corrected chi connectivity index (χ0v) is 12.3. The first-order valence-corrected chi connectivity index (χ1v) is 6.25. The summed E-state index contributed by atoms with van der Waals surface area (Å²) >= 11 is 0. The van der Waals surface area contributed by atoms with E-state index in [0.29, 0.717) is 16.8 Å². The molecule has 2 nitrogen and oxygen atoms in total. The average Bonchev–Trinajstić information content (AvgIpc) is 2.25. The predicted molar refractivity (Wildman–Crippen MR) is 75.6 cm³/mol. The molecule has 0 aliphatic heterocycles. The molecule has 0 aliphatic carbocycles. The van der Waals surface area contributed by atoms with Gasteiger partial charge in [-0.1, -0.05) is 26.8 Å². The first kappa shape index (κ1) is 16.4. The lowest BCUT2D eigenvalue weighted by Gasteiger charge is -2.17. The van der Waals surface area contributed by atoms with Crippen molar-refractivity contribution < 1.29 is 13.2 Å². The van der Waals surface area contributed by atoms with Crippen LogP contribution in [0.4, 0.5) is 13.2 Å². The molecule has 0 atom stereocenters. The third-order valence-electron chi connectivity index (χ3n) is 2.93. The maximum Gasteiger partial charge on any atom is 0.416 e. The van der Waals surface area contributed by atoms with Gasteiger partial charge in [0.1, 0.15) is 5.84 Å². The van der Waals surface area contributed by atoms with Crippen molar-refractivity contribution in [3.05, 3.63) is 34.9 Å². The molecule has 20 heavy (non-hydrogen) atoms. The van der Waals surface area contributed by atoms with E-state index in [1.165, 1.54) is 6.07 Å². The Kier molecular flexibility index (Phi) is 4.42. The monoisotopic (exact) mass is 284 g/mol. The quantitative estimate of drug-likeness (QED) is 0.565. The minimum Gasteiger partial charge on any atom is -0.286 e. The van der Waals surface area contributed by atoms with E-state index < -0.39 is 11.7 Å². The fourth-order valence-electron chi connectivity index (χ4n) is 1.64. The second-order valence-electron chi connectivity index (χ2n) is 5.82. The molecule has 1 aromatic rings. The van der Waals surface area contributed by atoms with Gasteiger partial charge in [-0.3, -0.25) is 5.41 Å². The molecule has 0 unspecified atom stereocenters. The Morgan fingerprint density at radius 1 is 1.15 bits per heavy atom. The highest BCUT2D eigenvalue weighted by atomic mass is 19.4. The van der Waals surface area contributed by atoms with Gasteiger partial charge < -0.3 is 0 Å². The van der Waals surface area contributed by atoms with Crippen LogP contribution < -0.4 is 0 Å². The Balaban J connectivity index is 3.16. The van der Waals surface area contributed by atoms with E-state index in [1.807, 2.05) is 20.8 Å². The van der Waals surface area contributed by atoms with Crippen molar-refractivity contribution >= 4 is 11.5 Å². The lowest BCUT2D eigenvalue weighted by atomic mass is 9.95. The van der Waals surface area contributed by atoms with E-state index in [0.717, 1.165) is 12.1 Å². The summed E-state index contributed by atoms with van der Waals surface area (Å²) in [5.41, 5.74) is 0.629. The normalized spacial score (nSPS) is 13.5. The number of alkyl halides is 3. The third kappa shape index (κ3) is 3.92. The summed E-state index contributed by atoms with van der Waals surface area (Å²) in [6.45, 7) is 8.92. The number of amidine groups is 1. The van der Waals surface area contributed by atoms with E-state index in [-0.39, 0.29) is 11.3 Å². The molecule has 0 amide bonds. The van der Waals surface area contributed by atoms with E-state index in [4.69, 9.17) is 5.41 Å². The Morgan fingerprint density at radius 3 is 2.10 bits per heavy atom. The number of nitrogens with one attached hydrogen (secondary N) is 1. The maximum absolute atomic E-state index is 12.6. The molecule has 0 saturated heterocycles. The molecule has 110 valence electrons. The summed E-state index contributed by atoms with van der Waals surface area (Å²) in [6, 6.07) is 3.56. The SMILES string of the molecule is CC(=NC(=N)C(C)(C)C)c1ccc(C(F)(F)F)cc1C. The van der Waals surface area contributed by atoms with Crippen LogP contribution in [0.15, 0.2) is 23.2 Å². The smallest absolute Gasteiger partial charge is 0.286 e. The van der Waals surface area contributed by atoms with Crippen molar-refractivity contribution in [2.75, 3.05) is 0 Å². The Bertz CT molecular complexity index is 549. The molecule has 0 bridgehead atoms. The van der Waals surface area contributed by atoms with Crippen molar-refractivity contribution in [3.63, 3.8) is 0 Å². The van der Waals surface area contributed by atoms with E-state index in [9.17, 15) is 13.2 Å². The fraction of sp³-hybridized carbons (Fsp3) is 0.467. The summed E-state index contributed by atoms with van der Waals surface area (Å²) in [4.78, 5) is 4.19. The molecule has 0 heterocycles. The molecule has 0 saturated carbocycles. The zero-order valence-electron chi connectivity index (χ0n) is 12.3. The van der Waals surface area contributed by atoms with Crippen molar-refractivity contribution in [2.45, 2.75) is 40.8 Å². The van der Waals surface area contributed by atoms with Gasteiger partial charge >= 0.3 is 6.18 Å². The predicted octanol–water partition coefficient (Wildman–Crippen LogP) is 4.85. The van der Waals surface area contributed by atoms with Gasteiger partial charge in [0.15, 0.2) is 0 Å². The number of aliphatic imine (C=N–C) groups is 1. The molecule has 1 rings (SSSR count). The number of halogens is 3. The largest absolute Gasteiger partial charge is 0.416 e. The van der Waals surface area contributed by atoms with E-state index in [2.05, 4.69) is 4.99 Å². The summed E-state index contributed by atoms with van der Waals surface area (Å²) in [5.74, 6) is 0.203. The second kappa shape index (κ2) is 5.38. The Labute approximate surface area is 117 Å². The van der Waals surface area contributed by atoms with Crippen molar-refractivity contribution in [2.24, 2.45) is 10.4 Å². The lowest BCUT2D eigenvalue weighted by molar-refractivity contribution is -0.137. The molecular formula is C15H19F3N2. The fourth-order valence-corrected chi connectivity index (χ4v) is 1.64. The van der Waals surface area contributed by atoms with Crippen molar-refractivity contribution in [1.29, 1.82) is 5.41 Å². The number of benzene rings is 1. The molecule has 5 heteroatoms. The van der Waals surface area contributed by atoms with Crippen LogP contribution in [0.1, 0.15) is 44.4 Å². The Morgan fingerprint density at radius 2 is 1.70 bits per heavy atom. The highest BCUT2D eigenvalue weighted by Crippen LogP contribution is 2.30. The first-order chi connectivity index (χ1) is 8.93. The van der Waals surface area contributed by atoms with Crippen LogP contribution in [0.5, 0.6) is 0 Å². The number of aryl methyl sites for hydroxylation is 1. The minimum absolute atomic E-state index is 0.203. The summed E-state index contributed by atoms with van der Waals surface area (Å²) < 4.78 is 37.8. The van der Waals surface area contributed by atoms with Crippen molar-refractivity contribution in [3.8, 4) is 0 Å².